The average Bonchev–Trinajstić information content (AvgIpc) is 3.23. The van der Waals surface area contributed by atoms with Gasteiger partial charge < -0.3 is 0 Å². The van der Waals surface area contributed by atoms with E-state index in [1.54, 1.807) is 11.3 Å². The lowest BCUT2D eigenvalue weighted by Gasteiger charge is -2.05. The second-order valence-electron chi connectivity index (χ2n) is 5.54. The van der Waals surface area contributed by atoms with Gasteiger partial charge in [0.05, 0.1) is 10.6 Å². The van der Waals surface area contributed by atoms with E-state index in [0.717, 1.165) is 23.4 Å². The first kappa shape index (κ1) is 17.5. The second-order valence-corrected chi connectivity index (χ2v) is 7.68. The minimum atomic E-state index is -0.367. The van der Waals surface area contributed by atoms with Crippen LogP contribution in [-0.4, -0.2) is 20.7 Å². The number of anilines is 1. The van der Waals surface area contributed by atoms with Crippen molar-refractivity contribution in [3.05, 3.63) is 50.6 Å². The molecule has 8 heteroatoms. The van der Waals surface area contributed by atoms with Crippen LogP contribution in [0.15, 0.2) is 34.4 Å². The molecule has 0 aliphatic carbocycles. The van der Waals surface area contributed by atoms with Crippen LogP contribution in [-0.2, 0) is 6.54 Å². The predicted molar refractivity (Wildman–Crippen MR) is 102 cm³/mol. The molecule has 0 radical (unpaired) electrons. The maximum Gasteiger partial charge on any atom is 0.277 e. The molecule has 1 N–H and O–H groups in total. The molecule has 0 aliphatic heterocycles. The standard InChI is InChI=1S/C17H18N4O2S2/c1-3-4-9-21-15(22)8-6-12(20-21)16(23)19-17-18-13(10-24-17)14-7-5-11(2)25-14/h5-8,10H,3-4,9H2,1-2H3,(H,18,19,23). The number of carbonyl (C=O) groups is 1. The molecular weight excluding hydrogens is 356 g/mol. The lowest BCUT2D eigenvalue weighted by atomic mass is 10.3. The van der Waals surface area contributed by atoms with E-state index in [2.05, 4.69) is 15.4 Å². The molecule has 6 nitrogen and oxygen atoms in total. The number of aryl methyl sites for hydroxylation is 2. The third kappa shape index (κ3) is 4.21. The van der Waals surface area contributed by atoms with Crippen LogP contribution in [0.3, 0.4) is 0 Å². The minimum absolute atomic E-state index is 0.199. The van der Waals surface area contributed by atoms with Crippen LogP contribution < -0.4 is 10.9 Å². The Bertz CT molecular complexity index is 942. The third-order valence-electron chi connectivity index (χ3n) is 3.54. The summed E-state index contributed by atoms with van der Waals surface area (Å²) in [4.78, 5) is 30.9. The van der Waals surface area contributed by atoms with Gasteiger partial charge in [0.15, 0.2) is 5.13 Å². The maximum absolute atomic E-state index is 12.4. The molecule has 0 fully saturated rings. The summed E-state index contributed by atoms with van der Waals surface area (Å²) in [5, 5.41) is 9.32. The molecular formula is C17H18N4O2S2. The van der Waals surface area contributed by atoms with Gasteiger partial charge in [0.25, 0.3) is 11.5 Å². The number of hydrogen-bond acceptors (Lipinski definition) is 6. The van der Waals surface area contributed by atoms with Gasteiger partial charge in [-0.05, 0) is 31.5 Å². The van der Waals surface area contributed by atoms with Crippen molar-refractivity contribution in [1.82, 2.24) is 14.8 Å². The van der Waals surface area contributed by atoms with Crippen LogP contribution in [0, 0.1) is 6.92 Å². The number of aromatic nitrogens is 3. The van der Waals surface area contributed by atoms with Gasteiger partial charge in [-0.25, -0.2) is 9.67 Å². The summed E-state index contributed by atoms with van der Waals surface area (Å²) in [7, 11) is 0. The highest BCUT2D eigenvalue weighted by Crippen LogP contribution is 2.30. The Morgan fingerprint density at radius 1 is 1.28 bits per heavy atom. The molecule has 0 saturated heterocycles. The maximum atomic E-state index is 12.4. The number of nitrogens with zero attached hydrogens (tertiary/aromatic N) is 3. The first-order valence-electron chi connectivity index (χ1n) is 7.98. The largest absolute Gasteiger partial charge is 0.296 e. The van der Waals surface area contributed by atoms with Crippen molar-refractivity contribution < 1.29 is 4.79 Å². The van der Waals surface area contributed by atoms with Gasteiger partial charge in [0.2, 0.25) is 0 Å². The second kappa shape index (κ2) is 7.71. The molecule has 3 rings (SSSR count). The monoisotopic (exact) mass is 374 g/mol. The van der Waals surface area contributed by atoms with E-state index >= 15 is 0 Å². The molecule has 0 bridgehead atoms. The van der Waals surface area contributed by atoms with E-state index in [-0.39, 0.29) is 17.2 Å². The van der Waals surface area contributed by atoms with Crippen molar-refractivity contribution in [2.45, 2.75) is 33.2 Å². The molecule has 0 saturated carbocycles. The molecule has 0 aliphatic rings. The van der Waals surface area contributed by atoms with Crippen molar-refractivity contribution >= 4 is 33.7 Å². The number of carbonyl (C=O) groups excluding carboxylic acids is 1. The van der Waals surface area contributed by atoms with Crippen LogP contribution in [0.1, 0.15) is 35.1 Å². The Hall–Kier alpha value is -2.32. The highest BCUT2D eigenvalue weighted by molar-refractivity contribution is 7.17. The Labute approximate surface area is 153 Å². The van der Waals surface area contributed by atoms with E-state index < -0.39 is 0 Å². The smallest absolute Gasteiger partial charge is 0.277 e. The summed E-state index contributed by atoms with van der Waals surface area (Å²) in [5.41, 5.74) is 0.855. The number of rotatable bonds is 6. The summed E-state index contributed by atoms with van der Waals surface area (Å²) in [6.45, 7) is 4.59. The normalized spacial score (nSPS) is 10.8. The first-order chi connectivity index (χ1) is 12.1. The van der Waals surface area contributed by atoms with Crippen LogP contribution in [0.25, 0.3) is 10.6 Å². The van der Waals surface area contributed by atoms with Crippen molar-refractivity contribution in [1.29, 1.82) is 0 Å². The summed E-state index contributed by atoms with van der Waals surface area (Å²) < 4.78 is 1.33. The highest BCUT2D eigenvalue weighted by Gasteiger charge is 2.13. The summed E-state index contributed by atoms with van der Waals surface area (Å²) >= 11 is 3.03. The first-order valence-corrected chi connectivity index (χ1v) is 9.68. The van der Waals surface area contributed by atoms with Crippen LogP contribution >= 0.6 is 22.7 Å². The van der Waals surface area contributed by atoms with Crippen LogP contribution in [0.5, 0.6) is 0 Å². The van der Waals surface area contributed by atoms with Gasteiger partial charge in [-0.15, -0.1) is 22.7 Å². The van der Waals surface area contributed by atoms with Gasteiger partial charge >= 0.3 is 0 Å². The molecule has 1 amide bonds. The van der Waals surface area contributed by atoms with E-state index in [0.29, 0.717) is 11.7 Å². The van der Waals surface area contributed by atoms with Gasteiger partial charge in [-0.1, -0.05) is 13.3 Å². The number of nitrogens with one attached hydrogen (secondary N) is 1. The number of thiophene rings is 1. The van der Waals surface area contributed by atoms with Gasteiger partial charge in [-0.2, -0.15) is 5.10 Å². The quantitative estimate of drug-likeness (QED) is 0.712. The highest BCUT2D eigenvalue weighted by atomic mass is 32.1. The fourth-order valence-corrected chi connectivity index (χ4v) is 3.82. The molecule has 0 spiro atoms. The van der Waals surface area contributed by atoms with E-state index in [1.165, 1.54) is 33.0 Å². The molecule has 3 aromatic heterocycles. The Morgan fingerprint density at radius 2 is 2.12 bits per heavy atom. The lowest BCUT2D eigenvalue weighted by Crippen LogP contribution is -2.26. The minimum Gasteiger partial charge on any atom is -0.296 e. The predicted octanol–water partition coefficient (Wildman–Crippen LogP) is 3.79. The molecule has 0 unspecified atom stereocenters. The van der Waals surface area contributed by atoms with E-state index in [9.17, 15) is 9.59 Å². The summed E-state index contributed by atoms with van der Waals surface area (Å²) in [5.74, 6) is -0.367. The average molecular weight is 374 g/mol. The Balaban J connectivity index is 1.74. The zero-order valence-corrected chi connectivity index (χ0v) is 15.6. The lowest BCUT2D eigenvalue weighted by molar-refractivity contribution is 0.101. The van der Waals surface area contributed by atoms with E-state index in [4.69, 9.17) is 0 Å². The van der Waals surface area contributed by atoms with Gasteiger partial charge in [0.1, 0.15) is 5.69 Å². The molecule has 130 valence electrons. The molecule has 0 atom stereocenters. The van der Waals surface area contributed by atoms with Crippen LogP contribution in [0.4, 0.5) is 5.13 Å². The summed E-state index contributed by atoms with van der Waals surface area (Å²) in [6.07, 6.45) is 1.79. The third-order valence-corrected chi connectivity index (χ3v) is 5.32. The van der Waals surface area contributed by atoms with E-state index in [1.807, 2.05) is 31.4 Å². The topological polar surface area (TPSA) is 76.9 Å². The van der Waals surface area contributed by atoms with Gasteiger partial charge in [-0.3, -0.25) is 14.9 Å². The van der Waals surface area contributed by atoms with Gasteiger partial charge in [0, 0.05) is 22.9 Å². The zero-order valence-electron chi connectivity index (χ0n) is 14.0. The molecule has 25 heavy (non-hydrogen) atoms. The van der Waals surface area contributed by atoms with Crippen molar-refractivity contribution in [3.8, 4) is 10.6 Å². The van der Waals surface area contributed by atoms with Crippen LogP contribution in [0.2, 0.25) is 0 Å². The zero-order chi connectivity index (χ0) is 17.8. The molecule has 3 heterocycles. The molecule has 3 aromatic rings. The number of unbranched alkanes of at least 4 members (excludes halogenated alkanes) is 1. The number of hydrogen-bond donors (Lipinski definition) is 1. The Kier molecular flexibility index (Phi) is 5.40. The van der Waals surface area contributed by atoms with Crippen molar-refractivity contribution in [2.75, 3.05) is 5.32 Å². The molecule has 0 aromatic carbocycles. The number of thiazole rings is 1. The fraction of sp³-hybridized carbons (Fsp3) is 0.294. The summed E-state index contributed by atoms with van der Waals surface area (Å²) in [6, 6.07) is 6.88. The van der Waals surface area contributed by atoms with Crippen molar-refractivity contribution in [3.63, 3.8) is 0 Å². The Morgan fingerprint density at radius 3 is 2.84 bits per heavy atom. The fourth-order valence-electron chi connectivity index (χ4n) is 2.22. The number of amides is 1. The van der Waals surface area contributed by atoms with Crippen molar-refractivity contribution in [2.24, 2.45) is 0 Å². The SMILES string of the molecule is CCCCn1nc(C(=O)Nc2nc(-c3ccc(C)s3)cs2)ccc1=O.